The number of nitrogens with one attached hydrogen (secondary N) is 2. The van der Waals surface area contributed by atoms with Crippen molar-refractivity contribution >= 4 is 17.6 Å². The van der Waals surface area contributed by atoms with Crippen LogP contribution in [0.2, 0.25) is 0 Å². The molecule has 0 aliphatic carbocycles. The van der Waals surface area contributed by atoms with Gasteiger partial charge in [0.05, 0.1) is 6.26 Å². The molecule has 134 valence electrons. The van der Waals surface area contributed by atoms with E-state index in [4.69, 9.17) is 10.2 Å². The van der Waals surface area contributed by atoms with Gasteiger partial charge in [0.25, 0.3) is 5.91 Å². The average Bonchev–Trinajstić information content (AvgIpc) is 3.00. The van der Waals surface area contributed by atoms with Crippen molar-refractivity contribution in [3.8, 4) is 0 Å². The van der Waals surface area contributed by atoms with Gasteiger partial charge in [-0.3, -0.25) is 9.79 Å². The molecule has 25 heavy (non-hydrogen) atoms. The van der Waals surface area contributed by atoms with Crippen LogP contribution in [0.25, 0.3) is 0 Å². The van der Waals surface area contributed by atoms with Crippen LogP contribution in [0, 0.1) is 6.92 Å². The van der Waals surface area contributed by atoms with Crippen LogP contribution >= 0.6 is 0 Å². The minimum absolute atomic E-state index is 0.205. The van der Waals surface area contributed by atoms with Gasteiger partial charge < -0.3 is 20.8 Å². The number of rotatable bonds is 7. The molecule has 2 aromatic rings. The van der Waals surface area contributed by atoms with Crippen molar-refractivity contribution in [1.82, 2.24) is 5.32 Å². The van der Waals surface area contributed by atoms with Crippen LogP contribution < -0.4 is 16.4 Å². The smallest absolute Gasteiger partial charge is 0.287 e. The Bertz CT molecular complexity index is 735. The van der Waals surface area contributed by atoms with E-state index in [-0.39, 0.29) is 5.91 Å². The Balaban J connectivity index is 1.73. The minimum Gasteiger partial charge on any atom is -0.459 e. The number of carbonyl (C=O) groups excluding carboxylic acids is 1. The van der Waals surface area contributed by atoms with Gasteiger partial charge in [-0.05, 0) is 43.0 Å². The van der Waals surface area contributed by atoms with Gasteiger partial charge in [0, 0.05) is 24.3 Å². The molecular formula is C19H26N4O2. The molecule has 0 unspecified atom stereocenters. The van der Waals surface area contributed by atoms with Crippen LogP contribution in [0.4, 0.5) is 5.69 Å². The lowest BCUT2D eigenvalue weighted by Gasteiger charge is -2.10. The van der Waals surface area contributed by atoms with E-state index in [2.05, 4.69) is 41.6 Å². The molecule has 1 amide bonds. The van der Waals surface area contributed by atoms with Crippen molar-refractivity contribution in [2.24, 2.45) is 10.7 Å². The molecule has 6 heteroatoms. The van der Waals surface area contributed by atoms with Crippen LogP contribution in [0.1, 0.15) is 47.9 Å². The lowest BCUT2D eigenvalue weighted by molar-refractivity contribution is 0.0925. The number of nitrogens with zero attached hydrogens (tertiary/aromatic N) is 1. The monoisotopic (exact) mass is 342 g/mol. The van der Waals surface area contributed by atoms with Crippen LogP contribution in [0.3, 0.4) is 0 Å². The summed E-state index contributed by atoms with van der Waals surface area (Å²) in [6.07, 6.45) is 2.20. The lowest BCUT2D eigenvalue weighted by Crippen LogP contribution is -2.26. The normalized spacial score (nSPS) is 11.6. The Labute approximate surface area is 148 Å². The van der Waals surface area contributed by atoms with Gasteiger partial charge in [-0.1, -0.05) is 26.0 Å². The van der Waals surface area contributed by atoms with Gasteiger partial charge in [0.15, 0.2) is 11.7 Å². The highest BCUT2D eigenvalue weighted by atomic mass is 16.3. The number of nitrogens with two attached hydrogens (primary N) is 1. The van der Waals surface area contributed by atoms with Gasteiger partial charge in [-0.25, -0.2) is 0 Å². The van der Waals surface area contributed by atoms with Gasteiger partial charge in [-0.2, -0.15) is 0 Å². The quantitative estimate of drug-likeness (QED) is 0.409. The summed E-state index contributed by atoms with van der Waals surface area (Å²) in [7, 11) is 0. The van der Waals surface area contributed by atoms with E-state index in [9.17, 15) is 4.79 Å². The summed E-state index contributed by atoms with van der Waals surface area (Å²) in [5.74, 6) is 0.980. The molecule has 0 aliphatic heterocycles. The zero-order valence-corrected chi connectivity index (χ0v) is 15.0. The standard InChI is InChI=1S/C19H26N4O2/c1-13(2)15-6-4-7-16(12-15)23-19(20)22-10-5-9-21-18(24)17-14(3)8-11-25-17/h4,6-8,11-13H,5,9-10H2,1-3H3,(H,21,24)(H3,20,22,23). The topological polar surface area (TPSA) is 92.7 Å². The summed E-state index contributed by atoms with van der Waals surface area (Å²) in [6.45, 7) is 7.17. The predicted molar refractivity (Wildman–Crippen MR) is 101 cm³/mol. The van der Waals surface area contributed by atoms with Gasteiger partial charge >= 0.3 is 0 Å². The Morgan fingerprint density at radius 2 is 2.12 bits per heavy atom. The summed E-state index contributed by atoms with van der Waals surface area (Å²) in [6, 6.07) is 9.88. The summed E-state index contributed by atoms with van der Waals surface area (Å²) >= 11 is 0. The van der Waals surface area contributed by atoms with E-state index >= 15 is 0 Å². The number of guanidine groups is 1. The van der Waals surface area contributed by atoms with Crippen LogP contribution in [-0.4, -0.2) is 25.0 Å². The molecule has 0 fully saturated rings. The molecule has 0 spiro atoms. The van der Waals surface area contributed by atoms with Crippen molar-refractivity contribution in [3.63, 3.8) is 0 Å². The maximum Gasteiger partial charge on any atom is 0.287 e. The third-order valence-electron chi connectivity index (χ3n) is 3.80. The first kappa shape index (κ1) is 18.6. The lowest BCUT2D eigenvalue weighted by atomic mass is 10.0. The van der Waals surface area contributed by atoms with Gasteiger partial charge in [-0.15, -0.1) is 0 Å². The number of anilines is 1. The molecule has 0 bridgehead atoms. The number of benzene rings is 1. The van der Waals surface area contributed by atoms with E-state index in [0.29, 0.717) is 37.1 Å². The molecule has 0 aliphatic rings. The fourth-order valence-electron chi connectivity index (χ4n) is 2.33. The predicted octanol–water partition coefficient (Wildman–Crippen LogP) is 3.26. The zero-order chi connectivity index (χ0) is 18.2. The number of aryl methyl sites for hydroxylation is 1. The Hall–Kier alpha value is -2.76. The number of amides is 1. The number of hydrogen-bond acceptors (Lipinski definition) is 3. The van der Waals surface area contributed by atoms with Crippen LogP contribution in [-0.2, 0) is 0 Å². The Kier molecular flexibility index (Phi) is 6.62. The van der Waals surface area contributed by atoms with Crippen molar-refractivity contribution in [2.75, 3.05) is 18.4 Å². The summed E-state index contributed by atoms with van der Waals surface area (Å²) in [4.78, 5) is 16.2. The summed E-state index contributed by atoms with van der Waals surface area (Å²) < 4.78 is 5.14. The third kappa shape index (κ3) is 5.67. The maximum absolute atomic E-state index is 11.9. The average molecular weight is 342 g/mol. The largest absolute Gasteiger partial charge is 0.459 e. The van der Waals surface area contributed by atoms with E-state index in [1.807, 2.05) is 19.1 Å². The molecule has 1 aromatic heterocycles. The highest BCUT2D eigenvalue weighted by molar-refractivity contribution is 5.93. The molecule has 4 N–H and O–H groups in total. The molecule has 1 heterocycles. The first-order valence-electron chi connectivity index (χ1n) is 8.46. The first-order valence-corrected chi connectivity index (χ1v) is 8.46. The number of hydrogen-bond donors (Lipinski definition) is 3. The third-order valence-corrected chi connectivity index (χ3v) is 3.80. The number of furan rings is 1. The second-order valence-electron chi connectivity index (χ2n) is 6.21. The number of carbonyl (C=O) groups is 1. The molecule has 2 rings (SSSR count). The first-order chi connectivity index (χ1) is 12.0. The maximum atomic E-state index is 11.9. The zero-order valence-electron chi connectivity index (χ0n) is 15.0. The highest BCUT2D eigenvalue weighted by Crippen LogP contribution is 2.18. The van der Waals surface area contributed by atoms with Crippen molar-refractivity contribution in [1.29, 1.82) is 0 Å². The Morgan fingerprint density at radius 3 is 2.80 bits per heavy atom. The molecule has 1 aromatic carbocycles. The van der Waals surface area contributed by atoms with Crippen molar-refractivity contribution in [2.45, 2.75) is 33.1 Å². The van der Waals surface area contributed by atoms with Gasteiger partial charge in [0.1, 0.15) is 0 Å². The van der Waals surface area contributed by atoms with E-state index in [0.717, 1.165) is 11.3 Å². The van der Waals surface area contributed by atoms with E-state index < -0.39 is 0 Å². The second kappa shape index (κ2) is 8.92. The van der Waals surface area contributed by atoms with Crippen molar-refractivity contribution < 1.29 is 9.21 Å². The summed E-state index contributed by atoms with van der Waals surface area (Å²) in [5.41, 5.74) is 8.90. The minimum atomic E-state index is -0.205. The van der Waals surface area contributed by atoms with E-state index in [1.54, 1.807) is 6.07 Å². The van der Waals surface area contributed by atoms with Crippen LogP contribution in [0.15, 0.2) is 46.0 Å². The van der Waals surface area contributed by atoms with E-state index in [1.165, 1.54) is 11.8 Å². The molecule has 0 atom stereocenters. The van der Waals surface area contributed by atoms with Crippen LogP contribution in [0.5, 0.6) is 0 Å². The highest BCUT2D eigenvalue weighted by Gasteiger charge is 2.11. The SMILES string of the molecule is Cc1ccoc1C(=O)NCCCN=C(N)Nc1cccc(C(C)C)c1. The molecule has 6 nitrogen and oxygen atoms in total. The molecule has 0 saturated heterocycles. The number of aliphatic imine (C=N–C) groups is 1. The molecule has 0 saturated carbocycles. The fraction of sp³-hybridized carbons (Fsp3) is 0.368. The molecular weight excluding hydrogens is 316 g/mol. The summed E-state index contributed by atoms with van der Waals surface area (Å²) in [5, 5.41) is 5.90. The second-order valence-corrected chi connectivity index (χ2v) is 6.21. The fourth-order valence-corrected chi connectivity index (χ4v) is 2.33. The molecule has 0 radical (unpaired) electrons. The Morgan fingerprint density at radius 1 is 1.32 bits per heavy atom. The van der Waals surface area contributed by atoms with Crippen molar-refractivity contribution in [3.05, 3.63) is 53.5 Å². The van der Waals surface area contributed by atoms with Gasteiger partial charge in [0.2, 0.25) is 0 Å².